The van der Waals surface area contributed by atoms with Crippen LogP contribution in [-0.2, 0) is 0 Å². The standard InChI is InChI=1S/C20H25ClN2O2/c1-15-9-13-23(14-10-15)12-2-11-22-20(24)19-8-7-18(25-19)16-3-5-17(21)6-4-16/h3-8,15H,2,9-14H2,1H3,(H,22,24). The van der Waals surface area contributed by atoms with Gasteiger partial charge in [-0.15, -0.1) is 0 Å². The second-order valence-corrected chi connectivity index (χ2v) is 7.24. The number of halogens is 1. The molecule has 5 heteroatoms. The van der Waals surface area contributed by atoms with E-state index in [0.29, 0.717) is 23.1 Å². The van der Waals surface area contributed by atoms with Gasteiger partial charge in [0.15, 0.2) is 5.76 Å². The summed E-state index contributed by atoms with van der Waals surface area (Å²) in [5.41, 5.74) is 0.905. The molecule has 1 aliphatic rings. The number of carbonyl (C=O) groups is 1. The van der Waals surface area contributed by atoms with Gasteiger partial charge in [0.1, 0.15) is 5.76 Å². The predicted molar refractivity (Wildman–Crippen MR) is 101 cm³/mol. The molecule has 0 aliphatic carbocycles. The molecule has 1 fully saturated rings. The number of furan rings is 1. The number of piperidine rings is 1. The minimum Gasteiger partial charge on any atom is -0.451 e. The van der Waals surface area contributed by atoms with Crippen LogP contribution in [0.15, 0.2) is 40.8 Å². The number of hydrogen-bond donors (Lipinski definition) is 1. The average molecular weight is 361 g/mol. The number of nitrogens with zero attached hydrogens (tertiary/aromatic N) is 1. The van der Waals surface area contributed by atoms with Crippen molar-refractivity contribution in [3.8, 4) is 11.3 Å². The second kappa shape index (κ2) is 8.54. The van der Waals surface area contributed by atoms with Crippen molar-refractivity contribution in [1.29, 1.82) is 0 Å². The van der Waals surface area contributed by atoms with Crippen molar-refractivity contribution in [2.24, 2.45) is 5.92 Å². The van der Waals surface area contributed by atoms with E-state index in [-0.39, 0.29) is 5.91 Å². The van der Waals surface area contributed by atoms with E-state index in [1.807, 2.05) is 18.2 Å². The molecule has 3 rings (SSSR count). The van der Waals surface area contributed by atoms with E-state index in [0.717, 1.165) is 24.4 Å². The molecule has 134 valence electrons. The summed E-state index contributed by atoms with van der Waals surface area (Å²) in [6.07, 6.45) is 3.53. The molecule has 1 N–H and O–H groups in total. The van der Waals surface area contributed by atoms with E-state index in [9.17, 15) is 4.79 Å². The lowest BCUT2D eigenvalue weighted by atomic mass is 9.99. The smallest absolute Gasteiger partial charge is 0.287 e. The highest BCUT2D eigenvalue weighted by molar-refractivity contribution is 6.30. The molecule has 0 spiro atoms. The van der Waals surface area contributed by atoms with Crippen LogP contribution in [0.1, 0.15) is 36.7 Å². The van der Waals surface area contributed by atoms with Crippen LogP contribution in [0.4, 0.5) is 0 Å². The molecule has 1 aromatic heterocycles. The summed E-state index contributed by atoms with van der Waals surface area (Å²) in [7, 11) is 0. The van der Waals surface area contributed by atoms with Crippen LogP contribution in [0.25, 0.3) is 11.3 Å². The van der Waals surface area contributed by atoms with Crippen molar-refractivity contribution in [2.75, 3.05) is 26.2 Å². The molecular formula is C20H25ClN2O2. The summed E-state index contributed by atoms with van der Waals surface area (Å²) in [5, 5.41) is 3.62. The number of benzene rings is 1. The lowest BCUT2D eigenvalue weighted by Gasteiger charge is -2.30. The van der Waals surface area contributed by atoms with Crippen LogP contribution in [0.3, 0.4) is 0 Å². The van der Waals surface area contributed by atoms with Gasteiger partial charge in [0.2, 0.25) is 0 Å². The fourth-order valence-electron chi connectivity index (χ4n) is 3.11. The average Bonchev–Trinajstić information content (AvgIpc) is 3.11. The Morgan fingerprint density at radius 3 is 2.64 bits per heavy atom. The summed E-state index contributed by atoms with van der Waals surface area (Å²) < 4.78 is 5.66. The van der Waals surface area contributed by atoms with Crippen molar-refractivity contribution in [3.63, 3.8) is 0 Å². The normalized spacial score (nSPS) is 16.1. The predicted octanol–water partition coefficient (Wildman–Crippen LogP) is 4.45. The summed E-state index contributed by atoms with van der Waals surface area (Å²) >= 11 is 5.89. The monoisotopic (exact) mass is 360 g/mol. The highest BCUT2D eigenvalue weighted by atomic mass is 35.5. The van der Waals surface area contributed by atoms with Gasteiger partial charge in [-0.1, -0.05) is 18.5 Å². The molecule has 0 radical (unpaired) electrons. The van der Waals surface area contributed by atoms with Gasteiger partial charge in [-0.2, -0.15) is 0 Å². The molecule has 2 heterocycles. The number of nitrogens with one attached hydrogen (secondary N) is 1. The molecule has 1 amide bonds. The van der Waals surface area contributed by atoms with Crippen molar-refractivity contribution in [2.45, 2.75) is 26.2 Å². The third kappa shape index (κ3) is 5.10. The summed E-state index contributed by atoms with van der Waals surface area (Å²) in [6, 6.07) is 10.9. The maximum Gasteiger partial charge on any atom is 0.287 e. The zero-order valence-electron chi connectivity index (χ0n) is 14.6. The first kappa shape index (κ1) is 18.0. The van der Waals surface area contributed by atoms with Crippen LogP contribution < -0.4 is 5.32 Å². The van der Waals surface area contributed by atoms with Crippen LogP contribution in [-0.4, -0.2) is 37.0 Å². The van der Waals surface area contributed by atoms with E-state index in [2.05, 4.69) is 17.1 Å². The third-order valence-corrected chi connectivity index (χ3v) is 5.02. The Morgan fingerprint density at radius 2 is 1.92 bits per heavy atom. The number of carbonyl (C=O) groups excluding carboxylic acids is 1. The topological polar surface area (TPSA) is 45.5 Å². The molecule has 4 nitrogen and oxygen atoms in total. The largest absolute Gasteiger partial charge is 0.451 e. The molecule has 1 saturated heterocycles. The van der Waals surface area contributed by atoms with Gasteiger partial charge in [0.05, 0.1) is 0 Å². The van der Waals surface area contributed by atoms with Crippen LogP contribution in [0.5, 0.6) is 0 Å². The molecule has 0 atom stereocenters. The van der Waals surface area contributed by atoms with E-state index in [1.54, 1.807) is 18.2 Å². The van der Waals surface area contributed by atoms with Crippen molar-refractivity contribution in [3.05, 3.63) is 47.2 Å². The Hall–Kier alpha value is -1.78. The molecule has 1 aliphatic heterocycles. The first-order chi connectivity index (χ1) is 12.1. The van der Waals surface area contributed by atoms with Gasteiger partial charge in [-0.25, -0.2) is 0 Å². The van der Waals surface area contributed by atoms with Crippen molar-refractivity contribution >= 4 is 17.5 Å². The fourth-order valence-corrected chi connectivity index (χ4v) is 3.23. The summed E-state index contributed by atoms with van der Waals surface area (Å²) in [6.45, 7) is 6.39. The Labute approximate surface area is 154 Å². The quantitative estimate of drug-likeness (QED) is 0.774. The number of amides is 1. The second-order valence-electron chi connectivity index (χ2n) is 6.80. The molecular weight excluding hydrogens is 336 g/mol. The zero-order chi connectivity index (χ0) is 17.6. The first-order valence-corrected chi connectivity index (χ1v) is 9.36. The maximum atomic E-state index is 12.2. The highest BCUT2D eigenvalue weighted by Crippen LogP contribution is 2.23. The highest BCUT2D eigenvalue weighted by Gasteiger charge is 2.15. The fraction of sp³-hybridized carbons (Fsp3) is 0.450. The van der Waals surface area contributed by atoms with Crippen LogP contribution in [0.2, 0.25) is 5.02 Å². The summed E-state index contributed by atoms with van der Waals surface area (Å²) in [4.78, 5) is 14.7. The summed E-state index contributed by atoms with van der Waals surface area (Å²) in [5.74, 6) is 1.71. The van der Waals surface area contributed by atoms with Gasteiger partial charge < -0.3 is 14.6 Å². The van der Waals surface area contributed by atoms with E-state index < -0.39 is 0 Å². The Bertz CT molecular complexity index is 688. The zero-order valence-corrected chi connectivity index (χ0v) is 15.4. The Balaban J connectivity index is 1.43. The molecule has 0 bridgehead atoms. The molecule has 0 saturated carbocycles. The third-order valence-electron chi connectivity index (χ3n) is 4.77. The Kier molecular flexibility index (Phi) is 6.16. The molecule has 1 aromatic carbocycles. The number of hydrogen-bond acceptors (Lipinski definition) is 3. The van der Waals surface area contributed by atoms with Gasteiger partial charge in [-0.05, 0) is 81.2 Å². The van der Waals surface area contributed by atoms with E-state index in [1.165, 1.54) is 25.9 Å². The van der Waals surface area contributed by atoms with Crippen LogP contribution >= 0.6 is 11.6 Å². The van der Waals surface area contributed by atoms with Gasteiger partial charge in [-0.3, -0.25) is 4.79 Å². The van der Waals surface area contributed by atoms with Gasteiger partial charge >= 0.3 is 0 Å². The SMILES string of the molecule is CC1CCN(CCCNC(=O)c2ccc(-c3ccc(Cl)cc3)o2)CC1. The lowest BCUT2D eigenvalue weighted by Crippen LogP contribution is -2.35. The van der Waals surface area contributed by atoms with Gasteiger partial charge in [0.25, 0.3) is 5.91 Å². The first-order valence-electron chi connectivity index (χ1n) is 8.98. The Morgan fingerprint density at radius 1 is 1.20 bits per heavy atom. The van der Waals surface area contributed by atoms with E-state index >= 15 is 0 Å². The van der Waals surface area contributed by atoms with Crippen LogP contribution in [0, 0.1) is 5.92 Å². The minimum absolute atomic E-state index is 0.160. The number of likely N-dealkylation sites (tertiary alicyclic amines) is 1. The van der Waals surface area contributed by atoms with Gasteiger partial charge in [0, 0.05) is 17.1 Å². The molecule has 25 heavy (non-hydrogen) atoms. The molecule has 0 unspecified atom stereocenters. The minimum atomic E-state index is -0.160. The van der Waals surface area contributed by atoms with Crippen molar-refractivity contribution < 1.29 is 9.21 Å². The van der Waals surface area contributed by atoms with Crippen molar-refractivity contribution in [1.82, 2.24) is 10.2 Å². The maximum absolute atomic E-state index is 12.2. The molecule has 2 aromatic rings. The lowest BCUT2D eigenvalue weighted by molar-refractivity contribution is 0.0924. The number of rotatable bonds is 6. The van der Waals surface area contributed by atoms with E-state index in [4.69, 9.17) is 16.0 Å².